The quantitative estimate of drug-likeness (QED) is 0.610. The van der Waals surface area contributed by atoms with E-state index in [2.05, 4.69) is 10.1 Å². The monoisotopic (exact) mass is 263 g/mol. The van der Waals surface area contributed by atoms with Crippen LogP contribution in [0.4, 0.5) is 0 Å². The van der Waals surface area contributed by atoms with Gasteiger partial charge in [0, 0.05) is 6.42 Å². The van der Waals surface area contributed by atoms with Crippen LogP contribution >= 0.6 is 0 Å². The van der Waals surface area contributed by atoms with Gasteiger partial charge < -0.3 is 10.1 Å². The molecule has 0 bridgehead atoms. The molecule has 0 aromatic heterocycles. The Balaban J connectivity index is 2.70. The fraction of sp³-hybridized carbons (Fsp3) is 0.357. The van der Waals surface area contributed by atoms with Gasteiger partial charge in [-0.25, -0.2) is 4.79 Å². The van der Waals surface area contributed by atoms with Crippen molar-refractivity contribution in [2.75, 3.05) is 7.11 Å². The number of methoxy groups -OCH3 is 1. The fourth-order valence-corrected chi connectivity index (χ4v) is 1.66. The van der Waals surface area contributed by atoms with Gasteiger partial charge in [-0.05, 0) is 12.5 Å². The molecule has 5 heteroatoms. The SMILES string of the molecule is COC(=O)C(Cc1ccccc1)NC(=O)CC(C)=O. The molecule has 0 spiro atoms. The van der Waals surface area contributed by atoms with E-state index in [9.17, 15) is 14.4 Å². The molecule has 1 rings (SSSR count). The van der Waals surface area contributed by atoms with Crippen LogP contribution in [0.25, 0.3) is 0 Å². The van der Waals surface area contributed by atoms with E-state index in [1.807, 2.05) is 30.3 Å². The highest BCUT2D eigenvalue weighted by atomic mass is 16.5. The summed E-state index contributed by atoms with van der Waals surface area (Å²) < 4.78 is 4.65. The Bertz CT molecular complexity index is 456. The van der Waals surface area contributed by atoms with Crippen LogP contribution in [0.1, 0.15) is 18.9 Å². The lowest BCUT2D eigenvalue weighted by Crippen LogP contribution is -2.43. The first kappa shape index (κ1) is 14.9. The Morgan fingerprint density at radius 3 is 2.37 bits per heavy atom. The zero-order chi connectivity index (χ0) is 14.3. The predicted octanol–water partition coefficient (Wildman–Crippen LogP) is 0.866. The molecular formula is C14H17NO4. The number of hydrogen-bond donors (Lipinski definition) is 1. The minimum Gasteiger partial charge on any atom is -0.467 e. The summed E-state index contributed by atoms with van der Waals surface area (Å²) in [6, 6.07) is 8.49. The molecule has 0 saturated carbocycles. The molecule has 1 atom stereocenters. The second-order valence-corrected chi connectivity index (χ2v) is 4.21. The molecule has 102 valence electrons. The van der Waals surface area contributed by atoms with Gasteiger partial charge in [-0.1, -0.05) is 30.3 Å². The number of ketones is 1. The maximum atomic E-state index is 11.6. The van der Waals surface area contributed by atoms with Crippen molar-refractivity contribution in [2.24, 2.45) is 0 Å². The number of carbonyl (C=O) groups excluding carboxylic acids is 3. The third-order valence-corrected chi connectivity index (χ3v) is 2.51. The van der Waals surface area contributed by atoms with Crippen LogP contribution in [-0.2, 0) is 25.5 Å². The smallest absolute Gasteiger partial charge is 0.328 e. The van der Waals surface area contributed by atoms with E-state index in [-0.39, 0.29) is 12.2 Å². The number of nitrogens with one attached hydrogen (secondary N) is 1. The van der Waals surface area contributed by atoms with Gasteiger partial charge in [-0.3, -0.25) is 9.59 Å². The Hall–Kier alpha value is -2.17. The van der Waals surface area contributed by atoms with E-state index in [4.69, 9.17) is 0 Å². The highest BCUT2D eigenvalue weighted by Crippen LogP contribution is 2.05. The molecule has 1 aromatic rings. The van der Waals surface area contributed by atoms with Gasteiger partial charge in [0.2, 0.25) is 5.91 Å². The van der Waals surface area contributed by atoms with Crippen LogP contribution in [0.3, 0.4) is 0 Å². The minimum absolute atomic E-state index is 0.234. The van der Waals surface area contributed by atoms with E-state index in [0.717, 1.165) is 5.56 Å². The summed E-state index contributed by atoms with van der Waals surface area (Å²) in [5, 5.41) is 2.51. The number of ether oxygens (including phenoxy) is 1. The number of amides is 1. The number of Topliss-reactive ketones (excluding diaryl/α,β-unsaturated/α-hetero) is 1. The summed E-state index contributed by atoms with van der Waals surface area (Å²) in [5.74, 6) is -1.25. The van der Waals surface area contributed by atoms with Crippen LogP contribution < -0.4 is 5.32 Å². The molecule has 1 aromatic carbocycles. The molecular weight excluding hydrogens is 246 g/mol. The molecule has 0 radical (unpaired) electrons. The molecule has 0 heterocycles. The van der Waals surface area contributed by atoms with Crippen molar-refractivity contribution in [2.45, 2.75) is 25.8 Å². The van der Waals surface area contributed by atoms with Gasteiger partial charge in [0.1, 0.15) is 11.8 Å². The van der Waals surface area contributed by atoms with Crippen molar-refractivity contribution in [3.8, 4) is 0 Å². The van der Waals surface area contributed by atoms with Crippen molar-refractivity contribution < 1.29 is 19.1 Å². The Morgan fingerprint density at radius 2 is 1.84 bits per heavy atom. The van der Waals surface area contributed by atoms with Crippen LogP contribution in [0.5, 0.6) is 0 Å². The highest BCUT2D eigenvalue weighted by molar-refractivity contribution is 5.98. The molecule has 1 N–H and O–H groups in total. The standard InChI is InChI=1S/C14H17NO4/c1-10(16)8-13(17)15-12(14(18)19-2)9-11-6-4-3-5-7-11/h3-7,12H,8-9H2,1-2H3,(H,15,17). The Labute approximate surface area is 111 Å². The summed E-state index contributed by atoms with van der Waals surface area (Å²) in [6.07, 6.45) is 0.0967. The van der Waals surface area contributed by atoms with Crippen molar-refractivity contribution in [1.29, 1.82) is 0 Å². The first-order valence-corrected chi connectivity index (χ1v) is 5.93. The third kappa shape index (κ3) is 5.33. The number of carbonyl (C=O) groups is 3. The van der Waals surface area contributed by atoms with E-state index in [1.165, 1.54) is 14.0 Å². The molecule has 0 aliphatic rings. The molecule has 1 amide bonds. The van der Waals surface area contributed by atoms with E-state index < -0.39 is 17.9 Å². The highest BCUT2D eigenvalue weighted by Gasteiger charge is 2.22. The lowest BCUT2D eigenvalue weighted by molar-refractivity contribution is -0.145. The zero-order valence-corrected chi connectivity index (χ0v) is 11.0. The van der Waals surface area contributed by atoms with Crippen LogP contribution in [0.15, 0.2) is 30.3 Å². The second-order valence-electron chi connectivity index (χ2n) is 4.21. The van der Waals surface area contributed by atoms with Crippen LogP contribution in [0.2, 0.25) is 0 Å². The van der Waals surface area contributed by atoms with E-state index in [0.29, 0.717) is 6.42 Å². The zero-order valence-electron chi connectivity index (χ0n) is 11.0. The van der Waals surface area contributed by atoms with Gasteiger partial charge in [0.15, 0.2) is 0 Å². The summed E-state index contributed by atoms with van der Waals surface area (Å²) in [6.45, 7) is 1.32. The Morgan fingerprint density at radius 1 is 1.21 bits per heavy atom. The first-order chi connectivity index (χ1) is 9.02. The summed E-state index contributed by atoms with van der Waals surface area (Å²) in [7, 11) is 1.26. The number of hydrogen-bond acceptors (Lipinski definition) is 4. The predicted molar refractivity (Wildman–Crippen MR) is 69.4 cm³/mol. The van der Waals surface area contributed by atoms with Crippen molar-refractivity contribution in [3.63, 3.8) is 0 Å². The average Bonchev–Trinajstić information content (AvgIpc) is 2.37. The first-order valence-electron chi connectivity index (χ1n) is 5.93. The molecule has 0 fully saturated rings. The van der Waals surface area contributed by atoms with Crippen molar-refractivity contribution in [3.05, 3.63) is 35.9 Å². The maximum Gasteiger partial charge on any atom is 0.328 e. The van der Waals surface area contributed by atoms with Gasteiger partial charge in [-0.2, -0.15) is 0 Å². The summed E-state index contributed by atoms with van der Waals surface area (Å²) in [4.78, 5) is 34.0. The number of esters is 1. The molecule has 0 aliphatic heterocycles. The van der Waals surface area contributed by atoms with E-state index >= 15 is 0 Å². The average molecular weight is 263 g/mol. The minimum atomic E-state index is -0.778. The fourth-order valence-electron chi connectivity index (χ4n) is 1.66. The lowest BCUT2D eigenvalue weighted by atomic mass is 10.1. The van der Waals surface area contributed by atoms with Gasteiger partial charge in [-0.15, -0.1) is 0 Å². The van der Waals surface area contributed by atoms with Crippen molar-refractivity contribution in [1.82, 2.24) is 5.32 Å². The number of benzene rings is 1. The largest absolute Gasteiger partial charge is 0.467 e. The molecule has 19 heavy (non-hydrogen) atoms. The molecule has 0 aliphatic carbocycles. The number of rotatable bonds is 6. The normalized spacial score (nSPS) is 11.5. The summed E-state index contributed by atoms with van der Waals surface area (Å²) >= 11 is 0. The molecule has 0 saturated heterocycles. The van der Waals surface area contributed by atoms with Gasteiger partial charge in [0.25, 0.3) is 0 Å². The van der Waals surface area contributed by atoms with Crippen LogP contribution in [0, 0.1) is 0 Å². The summed E-state index contributed by atoms with van der Waals surface area (Å²) in [5.41, 5.74) is 0.904. The molecule has 5 nitrogen and oxygen atoms in total. The second kappa shape index (κ2) is 7.31. The lowest BCUT2D eigenvalue weighted by Gasteiger charge is -2.16. The topological polar surface area (TPSA) is 72.5 Å². The Kier molecular flexibility index (Phi) is 5.73. The molecule has 1 unspecified atom stereocenters. The van der Waals surface area contributed by atoms with Gasteiger partial charge in [0.05, 0.1) is 13.5 Å². The van der Waals surface area contributed by atoms with Gasteiger partial charge >= 0.3 is 5.97 Å². The third-order valence-electron chi connectivity index (χ3n) is 2.51. The van der Waals surface area contributed by atoms with E-state index in [1.54, 1.807) is 0 Å². The van der Waals surface area contributed by atoms with Crippen LogP contribution in [-0.4, -0.2) is 30.8 Å². The van der Waals surface area contributed by atoms with Crippen molar-refractivity contribution >= 4 is 17.7 Å². The maximum absolute atomic E-state index is 11.6.